The highest BCUT2D eigenvalue weighted by molar-refractivity contribution is 5.90. The number of benzene rings is 2. The van der Waals surface area contributed by atoms with Crippen molar-refractivity contribution in [2.75, 3.05) is 5.32 Å². The molecule has 0 fully saturated rings. The fraction of sp³-hybridized carbons (Fsp3) is 0. The van der Waals surface area contributed by atoms with E-state index >= 15 is 0 Å². The minimum atomic E-state index is 0.569. The molecule has 2 aromatic heterocycles. The number of nitrogens with zero attached hydrogens (tertiary/aromatic N) is 3. The van der Waals surface area contributed by atoms with E-state index < -0.39 is 0 Å². The first-order valence-electron chi connectivity index (χ1n) is 7.54. The summed E-state index contributed by atoms with van der Waals surface area (Å²) >= 11 is 0. The standard InChI is InChI=1S/C19H14N4O/c1-2-6-17-16(5-1)19(22-13-21-17)23-14-8-10-15(11-9-14)24-18-7-3-4-12-20-18/h1-13H,(H,21,22,23). The second-order valence-electron chi connectivity index (χ2n) is 5.16. The molecule has 0 saturated carbocycles. The summed E-state index contributed by atoms with van der Waals surface area (Å²) < 4.78 is 5.69. The van der Waals surface area contributed by atoms with Gasteiger partial charge in [0.1, 0.15) is 17.9 Å². The molecule has 0 saturated heterocycles. The molecule has 2 aromatic carbocycles. The van der Waals surface area contributed by atoms with Crippen molar-refractivity contribution in [3.05, 3.63) is 79.3 Å². The van der Waals surface area contributed by atoms with Crippen molar-refractivity contribution in [3.63, 3.8) is 0 Å². The fourth-order valence-corrected chi connectivity index (χ4v) is 2.38. The van der Waals surface area contributed by atoms with Crippen molar-refractivity contribution in [2.45, 2.75) is 0 Å². The van der Waals surface area contributed by atoms with Crippen LogP contribution in [0.3, 0.4) is 0 Å². The number of para-hydroxylation sites is 1. The average Bonchev–Trinajstić information content (AvgIpc) is 2.65. The molecular weight excluding hydrogens is 300 g/mol. The molecule has 0 bridgehead atoms. The van der Waals surface area contributed by atoms with Gasteiger partial charge in [-0.05, 0) is 42.5 Å². The molecule has 116 valence electrons. The van der Waals surface area contributed by atoms with Crippen LogP contribution in [0.2, 0.25) is 0 Å². The predicted octanol–water partition coefficient (Wildman–Crippen LogP) is 4.56. The summed E-state index contributed by atoms with van der Waals surface area (Å²) in [7, 11) is 0. The Morgan fingerprint density at radius 1 is 0.750 bits per heavy atom. The second kappa shape index (κ2) is 6.34. The Labute approximate surface area is 139 Å². The Morgan fingerprint density at radius 3 is 2.42 bits per heavy atom. The van der Waals surface area contributed by atoms with Crippen LogP contribution < -0.4 is 10.1 Å². The van der Waals surface area contributed by atoms with E-state index in [0.717, 1.165) is 28.2 Å². The zero-order valence-electron chi connectivity index (χ0n) is 12.8. The zero-order valence-corrected chi connectivity index (χ0v) is 12.8. The molecule has 5 nitrogen and oxygen atoms in total. The van der Waals surface area contributed by atoms with Crippen LogP contribution in [0.25, 0.3) is 10.9 Å². The topological polar surface area (TPSA) is 59.9 Å². The maximum atomic E-state index is 5.69. The Hall–Kier alpha value is -3.47. The van der Waals surface area contributed by atoms with E-state index in [1.165, 1.54) is 0 Å². The molecule has 0 aliphatic carbocycles. The molecular formula is C19H14N4O. The molecule has 0 amide bonds. The number of rotatable bonds is 4. The van der Waals surface area contributed by atoms with Crippen molar-refractivity contribution in [3.8, 4) is 11.6 Å². The number of nitrogens with one attached hydrogen (secondary N) is 1. The van der Waals surface area contributed by atoms with Crippen molar-refractivity contribution < 1.29 is 4.74 Å². The van der Waals surface area contributed by atoms with Gasteiger partial charge in [0, 0.05) is 23.3 Å². The lowest BCUT2D eigenvalue weighted by atomic mass is 10.2. The number of ether oxygens (including phenoxy) is 1. The third-order valence-corrected chi connectivity index (χ3v) is 3.52. The summed E-state index contributed by atoms with van der Waals surface area (Å²) in [6, 6.07) is 21.1. The van der Waals surface area contributed by atoms with E-state index in [-0.39, 0.29) is 0 Å². The number of fused-ring (bicyclic) bond motifs is 1. The highest BCUT2D eigenvalue weighted by atomic mass is 16.5. The van der Waals surface area contributed by atoms with Gasteiger partial charge in [-0.25, -0.2) is 15.0 Å². The summed E-state index contributed by atoms with van der Waals surface area (Å²) in [5, 5.41) is 4.30. The highest BCUT2D eigenvalue weighted by Gasteiger charge is 2.04. The van der Waals surface area contributed by atoms with Gasteiger partial charge >= 0.3 is 0 Å². The van der Waals surface area contributed by atoms with E-state index in [4.69, 9.17) is 4.74 Å². The third-order valence-electron chi connectivity index (χ3n) is 3.52. The molecule has 1 N–H and O–H groups in total. The first-order valence-corrected chi connectivity index (χ1v) is 7.54. The SMILES string of the molecule is c1ccc(Oc2ccc(Nc3ncnc4ccccc34)cc2)nc1. The van der Waals surface area contributed by atoms with Gasteiger partial charge in [-0.2, -0.15) is 0 Å². The average molecular weight is 314 g/mol. The van der Waals surface area contributed by atoms with E-state index in [0.29, 0.717) is 5.88 Å². The molecule has 0 atom stereocenters. The monoisotopic (exact) mass is 314 g/mol. The van der Waals surface area contributed by atoms with Crippen molar-refractivity contribution in [1.29, 1.82) is 0 Å². The molecule has 4 rings (SSSR count). The van der Waals surface area contributed by atoms with Crippen LogP contribution in [0.15, 0.2) is 79.3 Å². The van der Waals surface area contributed by atoms with Gasteiger partial charge in [0.2, 0.25) is 5.88 Å². The van der Waals surface area contributed by atoms with Crippen LogP contribution in [0.4, 0.5) is 11.5 Å². The maximum absolute atomic E-state index is 5.69. The number of hydrogen-bond donors (Lipinski definition) is 1. The van der Waals surface area contributed by atoms with Crippen molar-refractivity contribution >= 4 is 22.4 Å². The first kappa shape index (κ1) is 14.1. The van der Waals surface area contributed by atoms with Gasteiger partial charge in [-0.1, -0.05) is 18.2 Å². The minimum absolute atomic E-state index is 0.569. The molecule has 0 aliphatic rings. The van der Waals surface area contributed by atoms with Crippen LogP contribution >= 0.6 is 0 Å². The molecule has 0 aliphatic heterocycles. The highest BCUT2D eigenvalue weighted by Crippen LogP contribution is 2.25. The van der Waals surface area contributed by atoms with Crippen molar-refractivity contribution in [1.82, 2.24) is 15.0 Å². The van der Waals surface area contributed by atoms with E-state index in [2.05, 4.69) is 20.3 Å². The number of anilines is 2. The first-order chi connectivity index (χ1) is 11.9. The van der Waals surface area contributed by atoms with Gasteiger partial charge in [-0.3, -0.25) is 0 Å². The normalized spacial score (nSPS) is 10.5. The predicted molar refractivity (Wildman–Crippen MR) is 93.6 cm³/mol. The lowest BCUT2D eigenvalue weighted by Gasteiger charge is -2.09. The lowest BCUT2D eigenvalue weighted by Crippen LogP contribution is -1.96. The summed E-state index contributed by atoms with van der Waals surface area (Å²) in [5.41, 5.74) is 1.83. The number of pyridine rings is 1. The van der Waals surface area contributed by atoms with Gasteiger partial charge in [0.15, 0.2) is 0 Å². The Kier molecular flexibility index (Phi) is 3.73. The van der Waals surface area contributed by atoms with Crippen LogP contribution in [-0.4, -0.2) is 15.0 Å². The van der Waals surface area contributed by atoms with E-state index in [9.17, 15) is 0 Å². The van der Waals surface area contributed by atoms with Gasteiger partial charge in [0.05, 0.1) is 5.52 Å². The van der Waals surface area contributed by atoms with Gasteiger partial charge in [0.25, 0.3) is 0 Å². The Bertz CT molecular complexity index is 950. The fourth-order valence-electron chi connectivity index (χ4n) is 2.38. The largest absolute Gasteiger partial charge is 0.439 e. The Balaban J connectivity index is 1.55. The maximum Gasteiger partial charge on any atom is 0.219 e. The number of aromatic nitrogens is 3. The van der Waals surface area contributed by atoms with E-state index in [1.807, 2.05) is 66.7 Å². The minimum Gasteiger partial charge on any atom is -0.439 e. The molecule has 0 radical (unpaired) electrons. The van der Waals surface area contributed by atoms with Crippen molar-refractivity contribution in [2.24, 2.45) is 0 Å². The smallest absolute Gasteiger partial charge is 0.219 e. The molecule has 0 spiro atoms. The summed E-state index contributed by atoms with van der Waals surface area (Å²) in [6.45, 7) is 0. The molecule has 5 heteroatoms. The zero-order chi connectivity index (χ0) is 16.2. The number of hydrogen-bond acceptors (Lipinski definition) is 5. The third kappa shape index (κ3) is 3.01. The second-order valence-corrected chi connectivity index (χ2v) is 5.16. The molecule has 2 heterocycles. The van der Waals surface area contributed by atoms with E-state index in [1.54, 1.807) is 12.5 Å². The van der Waals surface area contributed by atoms with Gasteiger partial charge in [-0.15, -0.1) is 0 Å². The van der Waals surface area contributed by atoms with Crippen LogP contribution in [0.5, 0.6) is 11.6 Å². The lowest BCUT2D eigenvalue weighted by molar-refractivity contribution is 0.463. The van der Waals surface area contributed by atoms with Crippen LogP contribution in [0, 0.1) is 0 Å². The summed E-state index contributed by atoms with van der Waals surface area (Å²) in [4.78, 5) is 12.7. The summed E-state index contributed by atoms with van der Waals surface area (Å²) in [5.74, 6) is 2.07. The van der Waals surface area contributed by atoms with Gasteiger partial charge < -0.3 is 10.1 Å². The molecule has 4 aromatic rings. The Morgan fingerprint density at radius 2 is 1.58 bits per heavy atom. The van der Waals surface area contributed by atoms with Crippen LogP contribution in [0.1, 0.15) is 0 Å². The molecule has 24 heavy (non-hydrogen) atoms. The van der Waals surface area contributed by atoms with Crippen LogP contribution in [-0.2, 0) is 0 Å². The molecule has 0 unspecified atom stereocenters. The summed E-state index contributed by atoms with van der Waals surface area (Å²) in [6.07, 6.45) is 3.26. The quantitative estimate of drug-likeness (QED) is 0.598.